The van der Waals surface area contributed by atoms with Gasteiger partial charge in [0, 0.05) is 11.7 Å². The van der Waals surface area contributed by atoms with Crippen molar-refractivity contribution in [3.8, 4) is 0 Å². The number of benzene rings is 1. The van der Waals surface area contributed by atoms with Crippen LogP contribution in [-0.2, 0) is 0 Å². The van der Waals surface area contributed by atoms with E-state index in [-0.39, 0.29) is 5.41 Å². The van der Waals surface area contributed by atoms with E-state index < -0.39 is 0 Å². The molecule has 17 heavy (non-hydrogen) atoms. The Bertz CT molecular complexity index is 376. The monoisotopic (exact) mass is 250 g/mol. The van der Waals surface area contributed by atoms with Gasteiger partial charge in [-0.05, 0) is 43.6 Å². The average molecular weight is 250 g/mol. The van der Waals surface area contributed by atoms with Crippen molar-refractivity contribution >= 4 is 23.0 Å². The Balaban J connectivity index is 2.53. The lowest BCUT2D eigenvalue weighted by molar-refractivity contribution is 0.317. The van der Waals surface area contributed by atoms with E-state index in [2.05, 4.69) is 57.4 Å². The zero-order valence-corrected chi connectivity index (χ0v) is 12.1. The SMILES string of the molecule is Cc1ccc(NC(=S)NC(C)C(C)(C)C)cc1. The van der Waals surface area contributed by atoms with Crippen LogP contribution >= 0.6 is 12.2 Å². The van der Waals surface area contributed by atoms with Gasteiger partial charge in [0.15, 0.2) is 5.11 Å². The molecule has 2 N–H and O–H groups in total. The first-order valence-corrected chi connectivity index (χ1v) is 6.34. The molecule has 1 atom stereocenters. The van der Waals surface area contributed by atoms with Crippen LogP contribution in [0.4, 0.5) is 5.69 Å². The van der Waals surface area contributed by atoms with Gasteiger partial charge in [-0.2, -0.15) is 0 Å². The third-order valence-electron chi connectivity index (χ3n) is 2.96. The summed E-state index contributed by atoms with van der Waals surface area (Å²) in [7, 11) is 0. The molecule has 1 unspecified atom stereocenters. The van der Waals surface area contributed by atoms with E-state index >= 15 is 0 Å². The fourth-order valence-corrected chi connectivity index (χ4v) is 1.51. The average Bonchev–Trinajstić information content (AvgIpc) is 2.20. The summed E-state index contributed by atoms with van der Waals surface area (Å²) in [4.78, 5) is 0. The van der Waals surface area contributed by atoms with Gasteiger partial charge >= 0.3 is 0 Å². The molecule has 2 nitrogen and oxygen atoms in total. The number of hydrogen-bond donors (Lipinski definition) is 2. The molecule has 0 aliphatic carbocycles. The highest BCUT2D eigenvalue weighted by Gasteiger charge is 2.20. The van der Waals surface area contributed by atoms with Gasteiger partial charge in [-0.15, -0.1) is 0 Å². The lowest BCUT2D eigenvalue weighted by Gasteiger charge is -2.29. The minimum Gasteiger partial charge on any atom is -0.359 e. The maximum atomic E-state index is 5.29. The van der Waals surface area contributed by atoms with Crippen molar-refractivity contribution in [3.05, 3.63) is 29.8 Å². The molecular weight excluding hydrogens is 228 g/mol. The molecule has 0 aliphatic heterocycles. The van der Waals surface area contributed by atoms with E-state index in [0.717, 1.165) is 5.69 Å². The van der Waals surface area contributed by atoms with E-state index in [1.807, 2.05) is 12.1 Å². The first-order chi connectivity index (χ1) is 7.79. The highest BCUT2D eigenvalue weighted by molar-refractivity contribution is 7.80. The van der Waals surface area contributed by atoms with E-state index in [9.17, 15) is 0 Å². The second-order valence-corrected chi connectivity index (χ2v) is 5.96. The zero-order valence-electron chi connectivity index (χ0n) is 11.3. The quantitative estimate of drug-likeness (QED) is 0.782. The van der Waals surface area contributed by atoms with Gasteiger partial charge in [0.1, 0.15) is 0 Å². The number of anilines is 1. The van der Waals surface area contributed by atoms with Gasteiger partial charge < -0.3 is 10.6 Å². The predicted molar refractivity (Wildman–Crippen MR) is 79.5 cm³/mol. The second kappa shape index (κ2) is 5.50. The van der Waals surface area contributed by atoms with Crippen molar-refractivity contribution < 1.29 is 0 Å². The molecule has 3 heteroatoms. The van der Waals surface area contributed by atoms with Crippen molar-refractivity contribution in [1.82, 2.24) is 5.32 Å². The molecule has 0 fully saturated rings. The molecular formula is C14H22N2S. The Morgan fingerprint density at radius 1 is 1.18 bits per heavy atom. The maximum Gasteiger partial charge on any atom is 0.171 e. The Labute approximate surface area is 110 Å². The van der Waals surface area contributed by atoms with Gasteiger partial charge in [0.2, 0.25) is 0 Å². The number of nitrogens with one attached hydrogen (secondary N) is 2. The molecule has 0 saturated heterocycles. The van der Waals surface area contributed by atoms with Crippen LogP contribution in [0, 0.1) is 12.3 Å². The lowest BCUT2D eigenvalue weighted by Crippen LogP contribution is -2.43. The molecule has 1 aromatic rings. The smallest absolute Gasteiger partial charge is 0.171 e. The minimum absolute atomic E-state index is 0.193. The number of thiocarbonyl (C=S) groups is 1. The first kappa shape index (κ1) is 14.0. The van der Waals surface area contributed by atoms with Crippen molar-refractivity contribution in [2.45, 2.75) is 40.7 Å². The standard InChI is InChI=1S/C14H22N2S/c1-10-6-8-12(9-7-10)16-13(17)15-11(2)14(3,4)5/h6-9,11H,1-5H3,(H2,15,16,17). The van der Waals surface area contributed by atoms with Crippen molar-refractivity contribution in [3.63, 3.8) is 0 Å². The van der Waals surface area contributed by atoms with Gasteiger partial charge in [0.25, 0.3) is 0 Å². The number of hydrogen-bond acceptors (Lipinski definition) is 1. The molecule has 0 aliphatic rings. The van der Waals surface area contributed by atoms with Crippen LogP contribution in [0.5, 0.6) is 0 Å². The topological polar surface area (TPSA) is 24.1 Å². The molecule has 0 heterocycles. The third kappa shape index (κ3) is 4.73. The lowest BCUT2D eigenvalue weighted by atomic mass is 9.88. The fourth-order valence-electron chi connectivity index (χ4n) is 1.22. The summed E-state index contributed by atoms with van der Waals surface area (Å²) >= 11 is 5.29. The number of rotatable bonds is 2. The summed E-state index contributed by atoms with van der Waals surface area (Å²) in [6.45, 7) is 10.8. The molecule has 1 aromatic carbocycles. The molecule has 1 rings (SSSR count). The zero-order chi connectivity index (χ0) is 13.1. The summed E-state index contributed by atoms with van der Waals surface area (Å²) in [5, 5.41) is 7.17. The van der Waals surface area contributed by atoms with Gasteiger partial charge in [-0.3, -0.25) is 0 Å². The predicted octanol–water partition coefficient (Wildman–Crippen LogP) is 3.72. The number of aryl methyl sites for hydroxylation is 1. The van der Waals surface area contributed by atoms with Crippen LogP contribution in [0.2, 0.25) is 0 Å². The highest BCUT2D eigenvalue weighted by atomic mass is 32.1. The third-order valence-corrected chi connectivity index (χ3v) is 3.18. The van der Waals surface area contributed by atoms with E-state index in [4.69, 9.17) is 12.2 Å². The van der Waals surface area contributed by atoms with Crippen molar-refractivity contribution in [1.29, 1.82) is 0 Å². The molecule has 0 saturated carbocycles. The first-order valence-electron chi connectivity index (χ1n) is 5.93. The normalized spacial score (nSPS) is 13.0. The Kier molecular flexibility index (Phi) is 4.52. The van der Waals surface area contributed by atoms with E-state index in [0.29, 0.717) is 11.2 Å². The Morgan fingerprint density at radius 2 is 1.71 bits per heavy atom. The van der Waals surface area contributed by atoms with Crippen LogP contribution in [0.25, 0.3) is 0 Å². The van der Waals surface area contributed by atoms with Crippen LogP contribution in [0.15, 0.2) is 24.3 Å². The molecule has 0 radical (unpaired) electrons. The summed E-state index contributed by atoms with van der Waals surface area (Å²) in [5.74, 6) is 0. The molecule has 0 bridgehead atoms. The molecule has 0 amide bonds. The Morgan fingerprint density at radius 3 is 2.18 bits per heavy atom. The van der Waals surface area contributed by atoms with Gasteiger partial charge in [-0.25, -0.2) is 0 Å². The molecule has 0 aromatic heterocycles. The molecule has 94 valence electrons. The van der Waals surface area contributed by atoms with E-state index in [1.54, 1.807) is 0 Å². The second-order valence-electron chi connectivity index (χ2n) is 5.55. The fraction of sp³-hybridized carbons (Fsp3) is 0.500. The van der Waals surface area contributed by atoms with Crippen LogP contribution in [0.1, 0.15) is 33.3 Å². The van der Waals surface area contributed by atoms with Gasteiger partial charge in [-0.1, -0.05) is 38.5 Å². The Hall–Kier alpha value is -1.09. The van der Waals surface area contributed by atoms with Crippen molar-refractivity contribution in [2.24, 2.45) is 5.41 Å². The maximum absolute atomic E-state index is 5.29. The largest absolute Gasteiger partial charge is 0.359 e. The summed E-state index contributed by atoms with van der Waals surface area (Å²) in [6.07, 6.45) is 0. The minimum atomic E-state index is 0.193. The summed E-state index contributed by atoms with van der Waals surface area (Å²) in [5.41, 5.74) is 2.46. The van der Waals surface area contributed by atoms with Gasteiger partial charge in [0.05, 0.1) is 0 Å². The van der Waals surface area contributed by atoms with Crippen LogP contribution in [-0.4, -0.2) is 11.2 Å². The summed E-state index contributed by atoms with van der Waals surface area (Å²) in [6, 6.07) is 8.53. The molecule has 0 spiro atoms. The van der Waals surface area contributed by atoms with Crippen LogP contribution < -0.4 is 10.6 Å². The highest BCUT2D eigenvalue weighted by Crippen LogP contribution is 2.18. The van der Waals surface area contributed by atoms with E-state index in [1.165, 1.54) is 5.56 Å². The van der Waals surface area contributed by atoms with Crippen molar-refractivity contribution in [2.75, 3.05) is 5.32 Å². The van der Waals surface area contributed by atoms with Crippen LogP contribution in [0.3, 0.4) is 0 Å². The summed E-state index contributed by atoms with van der Waals surface area (Å²) < 4.78 is 0.